The smallest absolute Gasteiger partial charge is 0.255 e. The zero-order chi connectivity index (χ0) is 12.7. The Morgan fingerprint density at radius 2 is 2.24 bits per heavy atom. The van der Waals surface area contributed by atoms with E-state index in [2.05, 4.69) is 17.2 Å². The van der Waals surface area contributed by atoms with Crippen molar-refractivity contribution >= 4 is 5.82 Å². The molecule has 0 aliphatic heterocycles. The highest BCUT2D eigenvalue weighted by molar-refractivity contribution is 5.40. The summed E-state index contributed by atoms with van der Waals surface area (Å²) in [5.41, 5.74) is 1.06. The van der Waals surface area contributed by atoms with Crippen LogP contribution < -0.4 is 10.2 Å². The Kier molecular flexibility index (Phi) is 5.83. The van der Waals surface area contributed by atoms with Crippen molar-refractivity contribution in [3.05, 3.63) is 23.9 Å². The molecule has 0 aliphatic rings. The first-order valence-corrected chi connectivity index (χ1v) is 5.78. The van der Waals surface area contributed by atoms with E-state index in [-0.39, 0.29) is 6.54 Å². The molecule has 0 fully saturated rings. The first-order valence-electron chi connectivity index (χ1n) is 5.78. The summed E-state index contributed by atoms with van der Waals surface area (Å²) in [5, 5.41) is 3.26. The van der Waals surface area contributed by atoms with Gasteiger partial charge in [0.25, 0.3) is 6.43 Å². The summed E-state index contributed by atoms with van der Waals surface area (Å²) in [6, 6.07) is 3.73. The van der Waals surface area contributed by atoms with Gasteiger partial charge in [0.2, 0.25) is 0 Å². The number of halogens is 2. The SMILES string of the molecule is CCCNCc1ccnc(N(C)CC(F)F)c1. The van der Waals surface area contributed by atoms with E-state index in [1.165, 1.54) is 4.90 Å². The summed E-state index contributed by atoms with van der Waals surface area (Å²) in [6.07, 6.45) is 0.382. The van der Waals surface area contributed by atoms with Crippen LogP contribution in [0, 0.1) is 0 Å². The van der Waals surface area contributed by atoms with E-state index < -0.39 is 6.43 Å². The van der Waals surface area contributed by atoms with E-state index in [1.807, 2.05) is 12.1 Å². The second-order valence-electron chi connectivity index (χ2n) is 3.97. The minimum absolute atomic E-state index is 0.293. The third kappa shape index (κ3) is 5.08. The van der Waals surface area contributed by atoms with Crippen LogP contribution in [0.2, 0.25) is 0 Å². The van der Waals surface area contributed by atoms with Crippen LogP contribution in [0.3, 0.4) is 0 Å². The number of aromatic nitrogens is 1. The lowest BCUT2D eigenvalue weighted by molar-refractivity contribution is 0.156. The van der Waals surface area contributed by atoms with Crippen LogP contribution in [0.25, 0.3) is 0 Å². The average molecular weight is 243 g/mol. The van der Waals surface area contributed by atoms with Crippen molar-refractivity contribution in [2.75, 3.05) is 25.0 Å². The molecule has 0 bridgehead atoms. The highest BCUT2D eigenvalue weighted by atomic mass is 19.3. The predicted molar refractivity (Wildman–Crippen MR) is 65.5 cm³/mol. The first-order chi connectivity index (χ1) is 8.13. The van der Waals surface area contributed by atoms with Crippen LogP contribution in [-0.4, -0.2) is 31.5 Å². The van der Waals surface area contributed by atoms with E-state index in [4.69, 9.17) is 0 Å². The van der Waals surface area contributed by atoms with Gasteiger partial charge in [-0.05, 0) is 30.7 Å². The normalized spacial score (nSPS) is 10.9. The second-order valence-corrected chi connectivity index (χ2v) is 3.97. The minimum Gasteiger partial charge on any atom is -0.354 e. The van der Waals surface area contributed by atoms with Gasteiger partial charge in [-0.1, -0.05) is 6.92 Å². The Morgan fingerprint density at radius 1 is 1.47 bits per heavy atom. The highest BCUT2D eigenvalue weighted by Gasteiger charge is 2.09. The molecule has 17 heavy (non-hydrogen) atoms. The molecule has 1 rings (SSSR count). The molecule has 1 aromatic heterocycles. The van der Waals surface area contributed by atoms with Crippen molar-refractivity contribution in [1.29, 1.82) is 0 Å². The van der Waals surface area contributed by atoms with Crippen molar-refractivity contribution < 1.29 is 8.78 Å². The number of rotatable bonds is 7. The van der Waals surface area contributed by atoms with Gasteiger partial charge in [0.1, 0.15) is 5.82 Å². The van der Waals surface area contributed by atoms with E-state index in [0.717, 1.165) is 25.1 Å². The van der Waals surface area contributed by atoms with Crippen molar-refractivity contribution in [2.24, 2.45) is 0 Å². The molecule has 0 spiro atoms. The minimum atomic E-state index is -2.34. The maximum Gasteiger partial charge on any atom is 0.255 e. The van der Waals surface area contributed by atoms with Gasteiger partial charge in [0.15, 0.2) is 0 Å². The number of anilines is 1. The van der Waals surface area contributed by atoms with Gasteiger partial charge in [0.05, 0.1) is 6.54 Å². The molecule has 0 radical (unpaired) electrons. The number of pyridine rings is 1. The van der Waals surface area contributed by atoms with Gasteiger partial charge in [-0.2, -0.15) is 0 Å². The van der Waals surface area contributed by atoms with Crippen molar-refractivity contribution in [3.63, 3.8) is 0 Å². The molecule has 5 heteroatoms. The fourth-order valence-electron chi connectivity index (χ4n) is 1.49. The molecule has 3 nitrogen and oxygen atoms in total. The van der Waals surface area contributed by atoms with Crippen LogP contribution in [0.5, 0.6) is 0 Å². The second kappa shape index (κ2) is 7.17. The largest absolute Gasteiger partial charge is 0.354 e. The van der Waals surface area contributed by atoms with Crippen molar-refractivity contribution in [1.82, 2.24) is 10.3 Å². The van der Waals surface area contributed by atoms with E-state index in [9.17, 15) is 8.78 Å². The average Bonchev–Trinajstić information content (AvgIpc) is 2.29. The molecule has 0 saturated carbocycles. The molecule has 1 heterocycles. The number of nitrogens with one attached hydrogen (secondary N) is 1. The van der Waals surface area contributed by atoms with Crippen molar-refractivity contribution in [2.45, 2.75) is 26.3 Å². The molecule has 1 N–H and O–H groups in total. The Morgan fingerprint density at radius 3 is 2.88 bits per heavy atom. The standard InChI is InChI=1S/C12H19F2N3/c1-3-5-15-8-10-4-6-16-12(7-10)17(2)9-11(13)14/h4,6-7,11,15H,3,5,8-9H2,1-2H3. The summed E-state index contributed by atoms with van der Waals surface area (Å²) < 4.78 is 24.5. The van der Waals surface area contributed by atoms with E-state index in [1.54, 1.807) is 13.2 Å². The third-order valence-electron chi connectivity index (χ3n) is 2.37. The summed E-state index contributed by atoms with van der Waals surface area (Å²) in [6.45, 7) is 3.50. The lowest BCUT2D eigenvalue weighted by atomic mass is 10.2. The Balaban J connectivity index is 2.58. The summed E-state index contributed by atoms with van der Waals surface area (Å²) in [5.74, 6) is 0.584. The number of alkyl halides is 2. The summed E-state index contributed by atoms with van der Waals surface area (Å²) >= 11 is 0. The number of nitrogens with zero attached hydrogens (tertiary/aromatic N) is 2. The molecule has 96 valence electrons. The maximum atomic E-state index is 12.2. The predicted octanol–water partition coefficient (Wildman–Crippen LogP) is 2.28. The summed E-state index contributed by atoms with van der Waals surface area (Å²) in [7, 11) is 1.62. The Labute approximate surface area is 101 Å². The van der Waals surface area contributed by atoms with Gasteiger partial charge in [-0.3, -0.25) is 0 Å². The molecular weight excluding hydrogens is 224 g/mol. The van der Waals surface area contributed by atoms with Gasteiger partial charge >= 0.3 is 0 Å². The molecular formula is C12H19F2N3. The van der Waals surface area contributed by atoms with Gasteiger partial charge in [0, 0.05) is 19.8 Å². The monoisotopic (exact) mass is 243 g/mol. The molecule has 1 aromatic rings. The zero-order valence-electron chi connectivity index (χ0n) is 10.3. The first kappa shape index (κ1) is 13.8. The lowest BCUT2D eigenvalue weighted by Gasteiger charge is -2.18. The van der Waals surface area contributed by atoms with Crippen molar-refractivity contribution in [3.8, 4) is 0 Å². The third-order valence-corrected chi connectivity index (χ3v) is 2.37. The Bertz CT molecular complexity index is 331. The highest BCUT2D eigenvalue weighted by Crippen LogP contribution is 2.12. The molecule has 0 atom stereocenters. The van der Waals surface area contributed by atoms with Gasteiger partial charge in [-0.15, -0.1) is 0 Å². The molecule has 0 unspecified atom stereocenters. The molecule has 0 aromatic carbocycles. The summed E-state index contributed by atoms with van der Waals surface area (Å²) in [4.78, 5) is 5.55. The van der Waals surface area contributed by atoms with Crippen LogP contribution >= 0.6 is 0 Å². The molecule has 0 amide bonds. The fourth-order valence-corrected chi connectivity index (χ4v) is 1.49. The van der Waals surface area contributed by atoms with Crippen LogP contribution in [0.4, 0.5) is 14.6 Å². The maximum absolute atomic E-state index is 12.2. The number of hydrogen-bond acceptors (Lipinski definition) is 3. The van der Waals surface area contributed by atoms with Gasteiger partial charge in [-0.25, -0.2) is 13.8 Å². The number of hydrogen-bond donors (Lipinski definition) is 1. The fraction of sp³-hybridized carbons (Fsp3) is 0.583. The van der Waals surface area contributed by atoms with Crippen LogP contribution in [0.1, 0.15) is 18.9 Å². The quantitative estimate of drug-likeness (QED) is 0.745. The van der Waals surface area contributed by atoms with Crippen LogP contribution in [0.15, 0.2) is 18.3 Å². The van der Waals surface area contributed by atoms with Gasteiger partial charge < -0.3 is 10.2 Å². The topological polar surface area (TPSA) is 28.2 Å². The van der Waals surface area contributed by atoms with E-state index >= 15 is 0 Å². The van der Waals surface area contributed by atoms with Crippen LogP contribution in [-0.2, 0) is 6.54 Å². The molecule has 0 saturated heterocycles. The van der Waals surface area contributed by atoms with E-state index in [0.29, 0.717) is 5.82 Å². The lowest BCUT2D eigenvalue weighted by Crippen LogP contribution is -2.25. The Hall–Kier alpha value is -1.23. The zero-order valence-corrected chi connectivity index (χ0v) is 10.3. The molecule has 0 aliphatic carbocycles.